The van der Waals surface area contributed by atoms with Gasteiger partial charge in [0.2, 0.25) is 0 Å². The molecular weight excluding hydrogens is 358 g/mol. The van der Waals surface area contributed by atoms with Gasteiger partial charge in [-0.15, -0.1) is 0 Å². The summed E-state index contributed by atoms with van der Waals surface area (Å²) in [6.45, 7) is 3.69. The Hall–Kier alpha value is -1.93. The summed E-state index contributed by atoms with van der Waals surface area (Å²) in [5, 5.41) is 12.2. The number of rotatable bonds is 11. The van der Waals surface area contributed by atoms with Gasteiger partial charge >= 0.3 is 11.9 Å². The highest BCUT2D eigenvalue weighted by Crippen LogP contribution is 2.23. The molecule has 7 nitrogen and oxygen atoms in total. The van der Waals surface area contributed by atoms with Crippen LogP contribution in [0, 0.1) is 17.8 Å². The van der Waals surface area contributed by atoms with E-state index in [1.165, 1.54) is 0 Å². The minimum atomic E-state index is -3.28. The van der Waals surface area contributed by atoms with Crippen LogP contribution in [0.3, 0.4) is 0 Å². The molecule has 0 saturated heterocycles. The number of carbonyl (C=O) groups excluding carboxylic acids is 1. The van der Waals surface area contributed by atoms with Gasteiger partial charge in [0.25, 0.3) is 0 Å². The monoisotopic (exact) mass is 385 g/mol. The van der Waals surface area contributed by atoms with Gasteiger partial charge in [-0.3, -0.25) is 9.59 Å². The van der Waals surface area contributed by atoms with E-state index in [9.17, 15) is 23.1 Å². The maximum Gasteiger partial charge on any atom is 0.311 e. The summed E-state index contributed by atoms with van der Waals surface area (Å²) in [7, 11) is -3.28. The third-order valence-corrected chi connectivity index (χ3v) is 4.51. The van der Waals surface area contributed by atoms with Crippen LogP contribution in [-0.2, 0) is 30.8 Å². The molecule has 0 amide bonds. The Morgan fingerprint density at radius 2 is 1.77 bits per heavy atom. The number of hydrogen-bond donors (Lipinski definition) is 2. The Kier molecular flexibility index (Phi) is 8.74. The SMILES string of the molecule is CC(C)C[C@@H](C(=O)O)[C@H](CNCS(C)(=O)=O)C(=O)OCc1ccccc1. The van der Waals surface area contributed by atoms with Crippen LogP contribution in [-0.4, -0.2) is 44.1 Å². The minimum absolute atomic E-state index is 0.0380. The van der Waals surface area contributed by atoms with Gasteiger partial charge in [-0.1, -0.05) is 44.2 Å². The third-order valence-electron chi connectivity index (χ3n) is 3.78. The van der Waals surface area contributed by atoms with E-state index in [0.717, 1.165) is 11.8 Å². The predicted molar refractivity (Wildman–Crippen MR) is 98.0 cm³/mol. The van der Waals surface area contributed by atoms with E-state index < -0.39 is 33.6 Å². The molecule has 1 aromatic carbocycles. The molecule has 0 unspecified atom stereocenters. The van der Waals surface area contributed by atoms with Crippen molar-refractivity contribution < 1.29 is 27.9 Å². The maximum absolute atomic E-state index is 12.5. The van der Waals surface area contributed by atoms with Crippen LogP contribution in [0.15, 0.2) is 30.3 Å². The molecule has 0 saturated carbocycles. The lowest BCUT2D eigenvalue weighted by Crippen LogP contribution is -2.40. The summed E-state index contributed by atoms with van der Waals surface area (Å²) in [5.74, 6) is -3.94. The molecule has 0 radical (unpaired) electrons. The second-order valence-corrected chi connectivity index (χ2v) is 8.94. The fraction of sp³-hybridized carbons (Fsp3) is 0.556. The lowest BCUT2D eigenvalue weighted by atomic mass is 9.85. The zero-order valence-corrected chi connectivity index (χ0v) is 16.2. The number of sulfone groups is 1. The van der Waals surface area contributed by atoms with E-state index in [1.54, 1.807) is 12.1 Å². The van der Waals surface area contributed by atoms with Gasteiger partial charge < -0.3 is 15.2 Å². The van der Waals surface area contributed by atoms with E-state index in [1.807, 2.05) is 32.0 Å². The summed E-state index contributed by atoms with van der Waals surface area (Å²) in [4.78, 5) is 24.2. The molecule has 1 aromatic rings. The van der Waals surface area contributed by atoms with Gasteiger partial charge in [0.05, 0.1) is 17.7 Å². The molecule has 0 bridgehead atoms. The van der Waals surface area contributed by atoms with Gasteiger partial charge in [0.15, 0.2) is 9.84 Å². The third kappa shape index (κ3) is 8.44. The number of hydrogen-bond acceptors (Lipinski definition) is 6. The number of carbonyl (C=O) groups is 2. The second-order valence-electron chi connectivity index (χ2n) is 6.80. The minimum Gasteiger partial charge on any atom is -0.481 e. The highest BCUT2D eigenvalue weighted by atomic mass is 32.2. The number of nitrogens with one attached hydrogen (secondary N) is 1. The summed E-state index contributed by atoms with van der Waals surface area (Å²) in [6, 6.07) is 9.06. The molecular formula is C18H27NO6S. The molecule has 0 heterocycles. The Balaban J connectivity index is 2.85. The molecule has 0 aromatic heterocycles. The molecule has 1 rings (SSSR count). The highest BCUT2D eigenvalue weighted by molar-refractivity contribution is 7.90. The first-order valence-electron chi connectivity index (χ1n) is 8.42. The zero-order valence-electron chi connectivity index (χ0n) is 15.3. The molecule has 0 fully saturated rings. The smallest absolute Gasteiger partial charge is 0.311 e. The van der Waals surface area contributed by atoms with Gasteiger partial charge in [-0.05, 0) is 17.9 Å². The number of benzene rings is 1. The second kappa shape index (κ2) is 10.3. The highest BCUT2D eigenvalue weighted by Gasteiger charge is 2.35. The fourth-order valence-electron chi connectivity index (χ4n) is 2.57. The van der Waals surface area contributed by atoms with Crippen LogP contribution in [0.1, 0.15) is 25.8 Å². The van der Waals surface area contributed by atoms with Gasteiger partial charge in [-0.2, -0.15) is 0 Å². The molecule has 0 aliphatic heterocycles. The van der Waals surface area contributed by atoms with E-state index in [4.69, 9.17) is 4.74 Å². The average Bonchev–Trinajstić information content (AvgIpc) is 2.54. The Morgan fingerprint density at radius 3 is 2.27 bits per heavy atom. The van der Waals surface area contributed by atoms with Crippen LogP contribution >= 0.6 is 0 Å². The van der Waals surface area contributed by atoms with Crippen molar-refractivity contribution in [2.75, 3.05) is 18.7 Å². The topological polar surface area (TPSA) is 110 Å². The van der Waals surface area contributed by atoms with E-state index in [-0.39, 0.29) is 24.9 Å². The lowest BCUT2D eigenvalue weighted by molar-refractivity contribution is -0.159. The molecule has 2 N–H and O–H groups in total. The van der Waals surface area contributed by atoms with Crippen molar-refractivity contribution in [3.8, 4) is 0 Å². The van der Waals surface area contributed by atoms with Gasteiger partial charge in [0, 0.05) is 12.8 Å². The van der Waals surface area contributed by atoms with Crippen molar-refractivity contribution in [1.82, 2.24) is 5.32 Å². The van der Waals surface area contributed by atoms with E-state index in [0.29, 0.717) is 6.42 Å². The number of carboxylic acids is 1. The summed E-state index contributed by atoms with van der Waals surface area (Å²) in [6.07, 6.45) is 1.35. The Bertz CT molecular complexity index is 687. The molecule has 8 heteroatoms. The molecule has 146 valence electrons. The van der Waals surface area contributed by atoms with Crippen LogP contribution < -0.4 is 5.32 Å². The van der Waals surface area contributed by atoms with Gasteiger partial charge in [-0.25, -0.2) is 8.42 Å². The number of ether oxygens (including phenoxy) is 1. The Labute approximate surface area is 154 Å². The first-order valence-corrected chi connectivity index (χ1v) is 10.5. The predicted octanol–water partition coefficient (Wildman–Crippen LogP) is 1.68. The van der Waals surface area contributed by atoms with Crippen molar-refractivity contribution in [3.63, 3.8) is 0 Å². The number of esters is 1. The van der Waals surface area contributed by atoms with Crippen LogP contribution in [0.2, 0.25) is 0 Å². The average molecular weight is 385 g/mol. The summed E-state index contributed by atoms with van der Waals surface area (Å²) >= 11 is 0. The fourth-order valence-corrected chi connectivity index (χ4v) is 3.06. The van der Waals surface area contributed by atoms with Gasteiger partial charge in [0.1, 0.15) is 6.61 Å². The molecule has 0 aliphatic carbocycles. The van der Waals surface area contributed by atoms with Crippen LogP contribution in [0.5, 0.6) is 0 Å². The Morgan fingerprint density at radius 1 is 1.15 bits per heavy atom. The molecule has 2 atom stereocenters. The standard InChI is InChI=1S/C18H27NO6S/c1-13(2)9-15(17(20)21)16(10-19-12-26(3,23)24)18(22)25-11-14-7-5-4-6-8-14/h4-8,13,15-16,19H,9-12H2,1-3H3,(H,20,21)/t15-,16+/m1/s1. The first-order chi connectivity index (χ1) is 12.1. The van der Waals surface area contributed by atoms with Crippen molar-refractivity contribution >= 4 is 21.8 Å². The van der Waals surface area contributed by atoms with E-state index in [2.05, 4.69) is 5.32 Å². The van der Waals surface area contributed by atoms with Crippen LogP contribution in [0.4, 0.5) is 0 Å². The van der Waals surface area contributed by atoms with Crippen molar-refractivity contribution in [1.29, 1.82) is 0 Å². The zero-order chi connectivity index (χ0) is 19.7. The van der Waals surface area contributed by atoms with Crippen molar-refractivity contribution in [2.24, 2.45) is 17.8 Å². The summed E-state index contributed by atoms with van der Waals surface area (Å²) in [5.41, 5.74) is 0.791. The van der Waals surface area contributed by atoms with Crippen molar-refractivity contribution in [3.05, 3.63) is 35.9 Å². The largest absolute Gasteiger partial charge is 0.481 e. The van der Waals surface area contributed by atoms with Crippen LogP contribution in [0.25, 0.3) is 0 Å². The quantitative estimate of drug-likeness (QED) is 0.558. The normalized spacial score (nSPS) is 14.0. The molecule has 0 spiro atoms. The maximum atomic E-state index is 12.5. The molecule has 26 heavy (non-hydrogen) atoms. The number of aliphatic carboxylic acids is 1. The number of carboxylic acid groups (broad SMARTS) is 1. The lowest BCUT2D eigenvalue weighted by Gasteiger charge is -2.24. The summed E-state index contributed by atoms with van der Waals surface area (Å²) < 4.78 is 27.9. The van der Waals surface area contributed by atoms with Crippen molar-refractivity contribution in [2.45, 2.75) is 26.9 Å². The molecule has 0 aliphatic rings. The van der Waals surface area contributed by atoms with E-state index >= 15 is 0 Å². The first kappa shape index (κ1) is 22.1.